The molecule has 3 heteroatoms. The van der Waals surface area contributed by atoms with E-state index < -0.39 is 0 Å². The monoisotopic (exact) mass is 296 g/mol. The number of hydrogen-bond donors (Lipinski definition) is 2. The smallest absolute Gasteiger partial charge is 0.0848 e. The fourth-order valence-electron chi connectivity index (χ4n) is 4.42. The Bertz CT molecular complexity index is 300. The van der Waals surface area contributed by atoms with E-state index in [4.69, 9.17) is 10.6 Å². The van der Waals surface area contributed by atoms with Crippen LogP contribution in [0.25, 0.3) is 0 Å². The van der Waals surface area contributed by atoms with Gasteiger partial charge in [0.15, 0.2) is 0 Å². The van der Waals surface area contributed by atoms with Crippen molar-refractivity contribution in [2.45, 2.75) is 96.6 Å². The van der Waals surface area contributed by atoms with Crippen molar-refractivity contribution in [3.05, 3.63) is 0 Å². The van der Waals surface area contributed by atoms with Crippen LogP contribution < -0.4 is 11.3 Å². The van der Waals surface area contributed by atoms with Gasteiger partial charge >= 0.3 is 0 Å². The fraction of sp³-hybridized carbons (Fsp3) is 1.00. The molecule has 0 radical (unpaired) electrons. The van der Waals surface area contributed by atoms with Crippen LogP contribution in [-0.2, 0) is 4.74 Å². The molecule has 1 unspecified atom stereocenters. The minimum atomic E-state index is -0.0313. The van der Waals surface area contributed by atoms with Crippen molar-refractivity contribution >= 4 is 0 Å². The highest BCUT2D eigenvalue weighted by Gasteiger charge is 2.45. The average molecular weight is 296 g/mol. The van der Waals surface area contributed by atoms with E-state index in [0.29, 0.717) is 11.5 Å². The van der Waals surface area contributed by atoms with E-state index >= 15 is 0 Å². The molecule has 0 heterocycles. The van der Waals surface area contributed by atoms with Gasteiger partial charge in [0.2, 0.25) is 0 Å². The zero-order valence-corrected chi connectivity index (χ0v) is 14.4. The zero-order chi connectivity index (χ0) is 15.3. The second-order valence-corrected chi connectivity index (χ2v) is 8.12. The van der Waals surface area contributed by atoms with Gasteiger partial charge in [0.05, 0.1) is 11.6 Å². The SMILES string of the molecule is CCOC1(C(CC2CCCCC2)NN)CCC(C)(C)CC1. The molecule has 0 aromatic heterocycles. The highest BCUT2D eigenvalue weighted by Crippen LogP contribution is 2.45. The van der Waals surface area contributed by atoms with Crippen LogP contribution in [0.3, 0.4) is 0 Å². The summed E-state index contributed by atoms with van der Waals surface area (Å²) in [5.74, 6) is 6.81. The van der Waals surface area contributed by atoms with E-state index in [2.05, 4.69) is 26.2 Å². The highest BCUT2D eigenvalue weighted by molar-refractivity contribution is 4.99. The van der Waals surface area contributed by atoms with E-state index in [9.17, 15) is 0 Å². The molecule has 2 rings (SSSR count). The van der Waals surface area contributed by atoms with Gasteiger partial charge in [-0.05, 0) is 50.4 Å². The molecular weight excluding hydrogens is 260 g/mol. The van der Waals surface area contributed by atoms with Crippen molar-refractivity contribution in [3.63, 3.8) is 0 Å². The summed E-state index contributed by atoms with van der Waals surface area (Å²) in [6, 6.07) is 0.316. The topological polar surface area (TPSA) is 47.3 Å². The Morgan fingerprint density at radius 2 is 1.71 bits per heavy atom. The van der Waals surface area contributed by atoms with E-state index in [1.807, 2.05) is 0 Å². The van der Waals surface area contributed by atoms with Gasteiger partial charge in [-0.25, -0.2) is 0 Å². The average Bonchev–Trinajstić information content (AvgIpc) is 2.49. The molecule has 1 atom stereocenters. The van der Waals surface area contributed by atoms with Gasteiger partial charge in [0.1, 0.15) is 0 Å². The van der Waals surface area contributed by atoms with Crippen LogP contribution in [-0.4, -0.2) is 18.2 Å². The second kappa shape index (κ2) is 7.43. The Hall–Kier alpha value is -0.120. The molecule has 0 spiro atoms. The molecule has 0 aliphatic heterocycles. The maximum atomic E-state index is 6.32. The fourth-order valence-corrected chi connectivity index (χ4v) is 4.42. The lowest BCUT2D eigenvalue weighted by molar-refractivity contribution is -0.111. The first-order valence-corrected chi connectivity index (χ1v) is 9.11. The van der Waals surface area contributed by atoms with Crippen molar-refractivity contribution in [1.29, 1.82) is 0 Å². The van der Waals surface area contributed by atoms with Gasteiger partial charge in [0, 0.05) is 6.61 Å². The quantitative estimate of drug-likeness (QED) is 0.571. The summed E-state index contributed by atoms with van der Waals surface area (Å²) in [6.45, 7) is 7.68. The van der Waals surface area contributed by atoms with E-state index in [-0.39, 0.29) is 5.60 Å². The predicted molar refractivity (Wildman–Crippen MR) is 88.9 cm³/mol. The number of hydrazine groups is 1. The van der Waals surface area contributed by atoms with Gasteiger partial charge in [-0.15, -0.1) is 0 Å². The highest BCUT2D eigenvalue weighted by atomic mass is 16.5. The Labute approximate surface area is 131 Å². The maximum absolute atomic E-state index is 6.32. The van der Waals surface area contributed by atoms with Crippen LogP contribution in [0.5, 0.6) is 0 Å². The van der Waals surface area contributed by atoms with Crippen LogP contribution >= 0.6 is 0 Å². The first-order valence-electron chi connectivity index (χ1n) is 9.11. The molecule has 21 heavy (non-hydrogen) atoms. The third-order valence-electron chi connectivity index (χ3n) is 6.01. The van der Waals surface area contributed by atoms with Gasteiger partial charge in [-0.1, -0.05) is 46.0 Å². The molecule has 0 bridgehead atoms. The third-order valence-corrected chi connectivity index (χ3v) is 6.01. The summed E-state index contributed by atoms with van der Waals surface area (Å²) in [4.78, 5) is 0. The normalized spacial score (nSPS) is 27.4. The molecule has 2 aliphatic rings. The first kappa shape index (κ1) is 17.2. The zero-order valence-electron chi connectivity index (χ0n) is 14.4. The van der Waals surface area contributed by atoms with Crippen LogP contribution in [0.2, 0.25) is 0 Å². The maximum Gasteiger partial charge on any atom is 0.0848 e. The first-order chi connectivity index (χ1) is 10.0. The summed E-state index contributed by atoms with van der Waals surface area (Å²) >= 11 is 0. The van der Waals surface area contributed by atoms with Gasteiger partial charge in [0.25, 0.3) is 0 Å². The van der Waals surface area contributed by atoms with Gasteiger partial charge < -0.3 is 4.74 Å². The van der Waals surface area contributed by atoms with Crippen molar-refractivity contribution < 1.29 is 4.74 Å². The van der Waals surface area contributed by atoms with Crippen LogP contribution in [0.1, 0.15) is 85.0 Å². The minimum absolute atomic E-state index is 0.0313. The molecule has 0 amide bonds. The summed E-state index contributed by atoms with van der Waals surface area (Å²) in [5.41, 5.74) is 3.58. The molecule has 2 saturated carbocycles. The van der Waals surface area contributed by atoms with Crippen LogP contribution in [0.4, 0.5) is 0 Å². The van der Waals surface area contributed by atoms with Crippen molar-refractivity contribution in [3.8, 4) is 0 Å². The third kappa shape index (κ3) is 4.43. The molecule has 3 nitrogen and oxygen atoms in total. The van der Waals surface area contributed by atoms with Gasteiger partial charge in [-0.3, -0.25) is 11.3 Å². The standard InChI is InChI=1S/C18H36N2O/c1-4-21-18(12-10-17(2,3)11-13-18)16(20-19)14-15-8-6-5-7-9-15/h15-16,20H,4-14,19H2,1-3H3. The Kier molecular flexibility index (Phi) is 6.10. The number of nitrogens with one attached hydrogen (secondary N) is 1. The number of nitrogens with two attached hydrogens (primary N) is 1. The van der Waals surface area contributed by atoms with Gasteiger partial charge in [-0.2, -0.15) is 0 Å². The van der Waals surface area contributed by atoms with E-state index in [1.54, 1.807) is 0 Å². The molecule has 0 saturated heterocycles. The van der Waals surface area contributed by atoms with E-state index in [1.165, 1.54) is 51.4 Å². The molecular formula is C18H36N2O. The van der Waals surface area contributed by atoms with Crippen molar-refractivity contribution in [2.75, 3.05) is 6.61 Å². The van der Waals surface area contributed by atoms with Crippen LogP contribution in [0, 0.1) is 11.3 Å². The Morgan fingerprint density at radius 3 is 2.24 bits per heavy atom. The van der Waals surface area contributed by atoms with E-state index in [0.717, 1.165) is 25.4 Å². The van der Waals surface area contributed by atoms with Crippen LogP contribution in [0.15, 0.2) is 0 Å². The summed E-state index contributed by atoms with van der Waals surface area (Å²) in [7, 11) is 0. The lowest BCUT2D eigenvalue weighted by atomic mass is 9.67. The second-order valence-electron chi connectivity index (χ2n) is 8.12. The lowest BCUT2D eigenvalue weighted by Gasteiger charge is -2.48. The molecule has 0 aromatic rings. The molecule has 2 fully saturated rings. The molecule has 124 valence electrons. The predicted octanol–water partition coefficient (Wildman–Crippen LogP) is 4.16. The minimum Gasteiger partial charge on any atom is -0.374 e. The largest absolute Gasteiger partial charge is 0.374 e. The molecule has 3 N–H and O–H groups in total. The number of hydrogen-bond acceptors (Lipinski definition) is 3. The summed E-state index contributed by atoms with van der Waals surface area (Å²) < 4.78 is 6.32. The number of ether oxygens (including phenoxy) is 1. The van der Waals surface area contributed by atoms with Crippen molar-refractivity contribution in [1.82, 2.24) is 5.43 Å². The van der Waals surface area contributed by atoms with Crippen molar-refractivity contribution in [2.24, 2.45) is 17.2 Å². The number of rotatable bonds is 6. The summed E-state index contributed by atoms with van der Waals surface area (Å²) in [5, 5.41) is 0. The Balaban J connectivity index is 2.03. The summed E-state index contributed by atoms with van der Waals surface area (Å²) in [6.07, 6.45) is 13.0. The Morgan fingerprint density at radius 1 is 1.10 bits per heavy atom. The lowest BCUT2D eigenvalue weighted by Crippen LogP contribution is -2.57. The molecule has 0 aromatic carbocycles. The molecule has 2 aliphatic carbocycles.